The van der Waals surface area contributed by atoms with Crippen molar-refractivity contribution in [3.8, 4) is 17.1 Å². The van der Waals surface area contributed by atoms with E-state index in [1.807, 2.05) is 44.0 Å². The number of H-pyrrole nitrogens is 1. The topological polar surface area (TPSA) is 99.7 Å². The smallest absolute Gasteiger partial charge is 0.410 e. The van der Waals surface area contributed by atoms with Crippen molar-refractivity contribution >= 4 is 45.3 Å². The average molecular weight is 632 g/mol. The molecule has 11 heteroatoms. The first-order valence-corrected chi connectivity index (χ1v) is 16.4. The summed E-state index contributed by atoms with van der Waals surface area (Å²) in [5.41, 5.74) is 4.48. The van der Waals surface area contributed by atoms with E-state index in [2.05, 4.69) is 46.1 Å². The number of carbonyl (C=O) groups excluding carboxylic acids is 1. The Kier molecular flexibility index (Phi) is 7.55. The highest BCUT2D eigenvalue weighted by molar-refractivity contribution is 6.35. The fourth-order valence-corrected chi connectivity index (χ4v) is 7.32. The third-order valence-corrected chi connectivity index (χ3v) is 9.92. The van der Waals surface area contributed by atoms with Gasteiger partial charge in [0.1, 0.15) is 17.5 Å². The number of rotatable bonds is 4. The molecule has 2 aromatic carbocycles. The minimum absolute atomic E-state index is 0.0821. The van der Waals surface area contributed by atoms with Crippen molar-refractivity contribution in [2.45, 2.75) is 65.1 Å². The summed E-state index contributed by atoms with van der Waals surface area (Å²) >= 11 is 7.08. The van der Waals surface area contributed by atoms with Gasteiger partial charge in [0, 0.05) is 66.0 Å². The Bertz CT molecular complexity index is 1740. The van der Waals surface area contributed by atoms with Gasteiger partial charge in [-0.25, -0.2) is 4.79 Å². The van der Waals surface area contributed by atoms with Gasteiger partial charge < -0.3 is 24.2 Å². The number of hydrogen-bond donors (Lipinski definition) is 1. The summed E-state index contributed by atoms with van der Waals surface area (Å²) in [6, 6.07) is 8.64. The first-order valence-electron chi connectivity index (χ1n) is 16.0. The monoisotopic (exact) mass is 631 g/mol. The predicted molar refractivity (Wildman–Crippen MR) is 177 cm³/mol. The molecule has 0 unspecified atom stereocenters. The van der Waals surface area contributed by atoms with E-state index in [4.69, 9.17) is 31.0 Å². The molecular weight excluding hydrogens is 590 g/mol. The van der Waals surface area contributed by atoms with Gasteiger partial charge in [-0.3, -0.25) is 5.10 Å². The number of fused-ring (bicyclic) bond motifs is 2. The van der Waals surface area contributed by atoms with Crippen molar-refractivity contribution in [1.82, 2.24) is 30.0 Å². The van der Waals surface area contributed by atoms with Crippen molar-refractivity contribution in [1.29, 1.82) is 0 Å². The van der Waals surface area contributed by atoms with Crippen LogP contribution in [0, 0.1) is 12.3 Å². The van der Waals surface area contributed by atoms with E-state index in [9.17, 15) is 4.79 Å². The second-order valence-electron chi connectivity index (χ2n) is 14.2. The van der Waals surface area contributed by atoms with Crippen LogP contribution in [0.4, 0.5) is 10.6 Å². The van der Waals surface area contributed by atoms with E-state index in [1.54, 1.807) is 0 Å². The molecule has 238 valence electrons. The fraction of sp³-hybridized carbons (Fsp3) is 0.529. The van der Waals surface area contributed by atoms with Crippen LogP contribution in [0.3, 0.4) is 0 Å². The highest BCUT2D eigenvalue weighted by Gasteiger charge is 2.48. The largest absolute Gasteiger partial charge is 0.460 e. The van der Waals surface area contributed by atoms with Crippen LogP contribution in [0.5, 0.6) is 6.01 Å². The molecule has 0 radical (unpaired) electrons. The number of anilines is 1. The maximum Gasteiger partial charge on any atom is 0.410 e. The summed E-state index contributed by atoms with van der Waals surface area (Å²) in [6.07, 6.45) is 5.54. The lowest BCUT2D eigenvalue weighted by Crippen LogP contribution is -2.62. The van der Waals surface area contributed by atoms with Crippen molar-refractivity contribution in [2.75, 3.05) is 51.2 Å². The number of aryl methyl sites for hydroxylation is 1. The first-order chi connectivity index (χ1) is 21.5. The molecule has 3 aliphatic heterocycles. The maximum absolute atomic E-state index is 12.6. The standard InChI is InChI=1S/C34H42ClN7O3/c1-21-6-7-27-25(18-36-39-27)29(21)23-17-28-24(16-26(23)35)30(38-31(37-28)44-22-8-12-40(5)13-9-22)41-14-10-34(11-15-41)19-42(20-34)32(43)45-33(2,3)4/h6-7,16-18,22H,8-15,19-20H2,1-5H3,(H,36,39). The Morgan fingerprint density at radius 2 is 1.78 bits per heavy atom. The molecule has 1 N–H and O–H groups in total. The lowest BCUT2D eigenvalue weighted by molar-refractivity contribution is -0.0434. The Hall–Kier alpha value is -3.63. The van der Waals surface area contributed by atoms with Gasteiger partial charge >= 0.3 is 12.1 Å². The fourth-order valence-electron chi connectivity index (χ4n) is 7.06. The number of aromatic nitrogens is 4. The number of piperidine rings is 2. The van der Waals surface area contributed by atoms with Crippen molar-refractivity contribution in [3.63, 3.8) is 0 Å². The molecule has 0 bridgehead atoms. The zero-order valence-electron chi connectivity index (χ0n) is 26.8. The maximum atomic E-state index is 12.6. The Morgan fingerprint density at radius 1 is 1.04 bits per heavy atom. The molecule has 0 aliphatic carbocycles. The Balaban J connectivity index is 1.20. The molecule has 0 atom stereocenters. The molecule has 2 aromatic heterocycles. The first kappa shape index (κ1) is 30.0. The number of nitrogens with zero attached hydrogens (tertiary/aromatic N) is 6. The summed E-state index contributed by atoms with van der Waals surface area (Å²) in [5, 5.41) is 9.95. The molecule has 1 spiro atoms. The molecule has 0 saturated carbocycles. The van der Waals surface area contributed by atoms with Crippen LogP contribution in [0.1, 0.15) is 52.0 Å². The van der Waals surface area contributed by atoms with Gasteiger partial charge in [-0.1, -0.05) is 17.7 Å². The van der Waals surface area contributed by atoms with Crippen LogP contribution in [-0.2, 0) is 4.74 Å². The van der Waals surface area contributed by atoms with Crippen molar-refractivity contribution in [3.05, 3.63) is 41.0 Å². The number of aromatic amines is 1. The summed E-state index contributed by atoms with van der Waals surface area (Å²) in [7, 11) is 2.15. The van der Waals surface area contributed by atoms with Gasteiger partial charge in [0.15, 0.2) is 0 Å². The molecule has 1 amide bonds. The van der Waals surface area contributed by atoms with Gasteiger partial charge in [0.05, 0.1) is 17.2 Å². The molecule has 3 saturated heterocycles. The second-order valence-corrected chi connectivity index (χ2v) is 14.6. The number of hydrogen-bond acceptors (Lipinski definition) is 8. The van der Waals surface area contributed by atoms with Gasteiger partial charge in [-0.2, -0.15) is 15.1 Å². The van der Waals surface area contributed by atoms with Crippen LogP contribution < -0.4 is 9.64 Å². The SMILES string of the molecule is Cc1ccc2[nH]ncc2c1-c1cc2nc(OC3CCN(C)CC3)nc(N3CCC4(CC3)CN(C(=O)OC(C)(C)C)C4)c2cc1Cl. The molecule has 4 aromatic rings. The van der Waals surface area contributed by atoms with E-state index in [1.165, 1.54) is 0 Å². The quantitative estimate of drug-likeness (QED) is 0.275. The summed E-state index contributed by atoms with van der Waals surface area (Å²) in [4.78, 5) is 29.1. The van der Waals surface area contributed by atoms with E-state index >= 15 is 0 Å². The third-order valence-electron chi connectivity index (χ3n) is 9.61. The molecule has 3 aliphatic rings. The number of likely N-dealkylation sites (tertiary alicyclic amines) is 2. The molecule has 3 fully saturated rings. The summed E-state index contributed by atoms with van der Waals surface area (Å²) in [5.74, 6) is 0.854. The summed E-state index contributed by atoms with van der Waals surface area (Å²) in [6.45, 7) is 12.9. The lowest BCUT2D eigenvalue weighted by Gasteiger charge is -2.53. The minimum atomic E-state index is -0.491. The lowest BCUT2D eigenvalue weighted by atomic mass is 9.72. The predicted octanol–water partition coefficient (Wildman–Crippen LogP) is 6.45. The Labute approximate surface area is 269 Å². The van der Waals surface area contributed by atoms with Gasteiger partial charge in [0.25, 0.3) is 0 Å². The molecule has 5 heterocycles. The zero-order chi connectivity index (χ0) is 31.5. The van der Waals surface area contributed by atoms with E-state index in [0.29, 0.717) is 11.0 Å². The van der Waals surface area contributed by atoms with E-state index in [0.717, 1.165) is 109 Å². The molecule has 45 heavy (non-hydrogen) atoms. The number of ether oxygens (including phenoxy) is 2. The van der Waals surface area contributed by atoms with E-state index < -0.39 is 5.60 Å². The van der Waals surface area contributed by atoms with Crippen molar-refractivity contribution in [2.24, 2.45) is 5.41 Å². The highest BCUT2D eigenvalue weighted by atomic mass is 35.5. The molecule has 7 rings (SSSR count). The van der Waals surface area contributed by atoms with Gasteiger partial charge in [-0.15, -0.1) is 0 Å². The number of amides is 1. The van der Waals surface area contributed by atoms with Crippen LogP contribution in [-0.4, -0.2) is 94.1 Å². The number of benzene rings is 2. The number of halogens is 1. The summed E-state index contributed by atoms with van der Waals surface area (Å²) < 4.78 is 12.1. The zero-order valence-corrected chi connectivity index (χ0v) is 27.6. The van der Waals surface area contributed by atoms with E-state index in [-0.39, 0.29) is 17.6 Å². The average Bonchev–Trinajstić information content (AvgIpc) is 3.45. The normalized spacial score (nSPS) is 19.3. The van der Waals surface area contributed by atoms with Crippen LogP contribution in [0.15, 0.2) is 30.5 Å². The minimum Gasteiger partial charge on any atom is -0.460 e. The van der Waals surface area contributed by atoms with Crippen LogP contribution in [0.2, 0.25) is 5.02 Å². The van der Waals surface area contributed by atoms with Gasteiger partial charge in [0.2, 0.25) is 0 Å². The molecule has 10 nitrogen and oxygen atoms in total. The van der Waals surface area contributed by atoms with Gasteiger partial charge in [-0.05, 0) is 89.8 Å². The third kappa shape index (κ3) is 5.90. The molecular formula is C34H42ClN7O3. The van der Waals surface area contributed by atoms with Crippen LogP contribution in [0.25, 0.3) is 32.9 Å². The Morgan fingerprint density at radius 3 is 2.49 bits per heavy atom. The van der Waals surface area contributed by atoms with Crippen molar-refractivity contribution < 1.29 is 14.3 Å². The number of nitrogens with one attached hydrogen (secondary N) is 1. The highest BCUT2D eigenvalue weighted by Crippen LogP contribution is 2.44. The second kappa shape index (κ2) is 11.3. The number of carbonyl (C=O) groups is 1. The van der Waals surface area contributed by atoms with Crippen LogP contribution >= 0.6 is 11.6 Å².